The average Bonchev–Trinajstić information content (AvgIpc) is 2.69. The van der Waals surface area contributed by atoms with Gasteiger partial charge in [0.1, 0.15) is 11.6 Å². The second-order valence-corrected chi connectivity index (χ2v) is 5.72. The van der Waals surface area contributed by atoms with Crippen LogP contribution in [0.3, 0.4) is 0 Å². The van der Waals surface area contributed by atoms with Gasteiger partial charge in [0.15, 0.2) is 5.82 Å². The van der Waals surface area contributed by atoms with Gasteiger partial charge in [0, 0.05) is 6.54 Å². The van der Waals surface area contributed by atoms with Crippen molar-refractivity contribution in [3.05, 3.63) is 77.9 Å². The number of benzene rings is 2. The van der Waals surface area contributed by atoms with E-state index in [2.05, 4.69) is 20.8 Å². The fourth-order valence-corrected chi connectivity index (χ4v) is 2.40. The lowest BCUT2D eigenvalue weighted by Gasteiger charge is -2.07. The van der Waals surface area contributed by atoms with Gasteiger partial charge in [-0.15, -0.1) is 10.2 Å². The molecule has 6 nitrogen and oxygen atoms in total. The van der Waals surface area contributed by atoms with Gasteiger partial charge in [-0.25, -0.2) is 0 Å². The fraction of sp³-hybridized carbons (Fsp3) is 0.150. The normalized spacial score (nSPS) is 10.2. The largest absolute Gasteiger partial charge is 0.497 e. The van der Waals surface area contributed by atoms with Gasteiger partial charge >= 0.3 is 0 Å². The van der Waals surface area contributed by atoms with Crippen molar-refractivity contribution in [3.63, 3.8) is 0 Å². The van der Waals surface area contributed by atoms with Crippen LogP contribution in [0, 0.1) is 0 Å². The van der Waals surface area contributed by atoms with E-state index < -0.39 is 0 Å². The predicted molar refractivity (Wildman–Crippen MR) is 101 cm³/mol. The van der Waals surface area contributed by atoms with Crippen molar-refractivity contribution in [1.82, 2.24) is 10.2 Å². The molecule has 132 valence electrons. The van der Waals surface area contributed by atoms with Crippen LogP contribution < -0.4 is 15.4 Å². The maximum atomic E-state index is 12.1. The van der Waals surface area contributed by atoms with Crippen molar-refractivity contribution >= 4 is 17.5 Å². The molecule has 0 bridgehead atoms. The van der Waals surface area contributed by atoms with Gasteiger partial charge in [-0.2, -0.15) is 0 Å². The SMILES string of the molecule is COc1ccc(CC(=O)Nc2ccc(NCc3ccccc3)nn2)cc1. The highest BCUT2D eigenvalue weighted by Crippen LogP contribution is 2.13. The summed E-state index contributed by atoms with van der Waals surface area (Å²) in [5, 5.41) is 14.1. The van der Waals surface area contributed by atoms with Crippen LogP contribution in [0.4, 0.5) is 11.6 Å². The fourth-order valence-electron chi connectivity index (χ4n) is 2.40. The predicted octanol–water partition coefficient (Wildman–Crippen LogP) is 3.28. The van der Waals surface area contributed by atoms with Gasteiger partial charge < -0.3 is 15.4 Å². The molecule has 0 radical (unpaired) electrons. The summed E-state index contributed by atoms with van der Waals surface area (Å²) in [6.45, 7) is 0.665. The van der Waals surface area contributed by atoms with Gasteiger partial charge in [-0.1, -0.05) is 42.5 Å². The molecule has 0 aliphatic rings. The average molecular weight is 348 g/mol. The van der Waals surface area contributed by atoms with Crippen LogP contribution in [0.25, 0.3) is 0 Å². The number of rotatable bonds is 7. The van der Waals surface area contributed by atoms with E-state index in [1.54, 1.807) is 19.2 Å². The zero-order chi connectivity index (χ0) is 18.2. The molecule has 1 heterocycles. The highest BCUT2D eigenvalue weighted by Gasteiger charge is 2.06. The van der Waals surface area contributed by atoms with Crippen molar-refractivity contribution in [3.8, 4) is 5.75 Å². The van der Waals surface area contributed by atoms with E-state index in [9.17, 15) is 4.79 Å². The Morgan fingerprint density at radius 2 is 1.58 bits per heavy atom. The van der Waals surface area contributed by atoms with E-state index in [1.165, 1.54) is 0 Å². The molecular weight excluding hydrogens is 328 g/mol. The van der Waals surface area contributed by atoms with E-state index >= 15 is 0 Å². The van der Waals surface area contributed by atoms with Gasteiger partial charge in [0.2, 0.25) is 5.91 Å². The second-order valence-electron chi connectivity index (χ2n) is 5.72. The van der Waals surface area contributed by atoms with Crippen LogP contribution in [0.5, 0.6) is 5.75 Å². The first kappa shape index (κ1) is 17.4. The Balaban J connectivity index is 1.50. The minimum absolute atomic E-state index is 0.144. The monoisotopic (exact) mass is 348 g/mol. The van der Waals surface area contributed by atoms with Crippen molar-refractivity contribution in [1.29, 1.82) is 0 Å². The van der Waals surface area contributed by atoms with Gasteiger partial charge in [0.25, 0.3) is 0 Å². The number of methoxy groups -OCH3 is 1. The first-order chi connectivity index (χ1) is 12.7. The van der Waals surface area contributed by atoms with Crippen LogP contribution in [-0.4, -0.2) is 23.2 Å². The summed E-state index contributed by atoms with van der Waals surface area (Å²) in [7, 11) is 1.61. The van der Waals surface area contributed by atoms with Crippen LogP contribution in [0.15, 0.2) is 66.7 Å². The molecule has 0 atom stereocenters. The maximum Gasteiger partial charge on any atom is 0.229 e. The standard InChI is InChI=1S/C20H20N4O2/c1-26-17-9-7-15(8-10-17)13-20(25)22-19-12-11-18(23-24-19)21-14-16-5-3-2-4-6-16/h2-12H,13-14H2,1H3,(H,21,23)(H,22,24,25). The molecule has 0 aliphatic heterocycles. The zero-order valence-electron chi connectivity index (χ0n) is 14.5. The number of nitrogens with one attached hydrogen (secondary N) is 2. The summed E-state index contributed by atoms with van der Waals surface area (Å²) in [5.74, 6) is 1.70. The third-order valence-corrected chi connectivity index (χ3v) is 3.77. The lowest BCUT2D eigenvalue weighted by molar-refractivity contribution is -0.115. The molecule has 0 unspecified atom stereocenters. The zero-order valence-corrected chi connectivity index (χ0v) is 14.5. The van der Waals surface area contributed by atoms with Gasteiger partial charge in [0.05, 0.1) is 13.5 Å². The summed E-state index contributed by atoms with van der Waals surface area (Å²) >= 11 is 0. The molecule has 0 saturated carbocycles. The van der Waals surface area contributed by atoms with Crippen molar-refractivity contribution in [2.24, 2.45) is 0 Å². The van der Waals surface area contributed by atoms with E-state index in [0.717, 1.165) is 16.9 Å². The molecule has 0 spiro atoms. The maximum absolute atomic E-state index is 12.1. The Morgan fingerprint density at radius 3 is 2.23 bits per heavy atom. The van der Waals surface area contributed by atoms with Crippen LogP contribution in [0.1, 0.15) is 11.1 Å². The van der Waals surface area contributed by atoms with E-state index in [0.29, 0.717) is 18.2 Å². The van der Waals surface area contributed by atoms with Crippen molar-refractivity contribution in [2.45, 2.75) is 13.0 Å². The Kier molecular flexibility index (Phi) is 5.77. The second kappa shape index (κ2) is 8.62. The summed E-state index contributed by atoms with van der Waals surface area (Å²) in [6, 6.07) is 20.9. The Bertz CT molecular complexity index is 834. The number of carbonyl (C=O) groups is 1. The minimum atomic E-state index is -0.144. The van der Waals surface area contributed by atoms with Gasteiger partial charge in [-0.05, 0) is 35.4 Å². The summed E-state index contributed by atoms with van der Waals surface area (Å²) in [5.41, 5.74) is 2.06. The summed E-state index contributed by atoms with van der Waals surface area (Å²) in [4.78, 5) is 12.1. The summed E-state index contributed by atoms with van der Waals surface area (Å²) in [6.07, 6.45) is 0.264. The number of amides is 1. The molecule has 26 heavy (non-hydrogen) atoms. The molecular formula is C20H20N4O2. The van der Waals surface area contributed by atoms with E-state index in [-0.39, 0.29) is 12.3 Å². The smallest absolute Gasteiger partial charge is 0.229 e. The van der Waals surface area contributed by atoms with Crippen LogP contribution >= 0.6 is 0 Å². The minimum Gasteiger partial charge on any atom is -0.497 e. The molecule has 3 aromatic rings. The number of ether oxygens (including phenoxy) is 1. The Morgan fingerprint density at radius 1 is 0.885 bits per heavy atom. The quantitative estimate of drug-likeness (QED) is 0.685. The number of aromatic nitrogens is 2. The lowest BCUT2D eigenvalue weighted by atomic mass is 10.1. The first-order valence-corrected chi connectivity index (χ1v) is 8.27. The molecule has 2 aromatic carbocycles. The highest BCUT2D eigenvalue weighted by atomic mass is 16.5. The molecule has 0 fully saturated rings. The van der Waals surface area contributed by atoms with Crippen molar-refractivity contribution in [2.75, 3.05) is 17.7 Å². The Labute approximate surface area is 152 Å². The third kappa shape index (κ3) is 5.04. The highest BCUT2D eigenvalue weighted by molar-refractivity contribution is 5.91. The number of nitrogens with zero attached hydrogens (tertiary/aromatic N) is 2. The lowest BCUT2D eigenvalue weighted by Crippen LogP contribution is -2.16. The number of hydrogen-bond donors (Lipinski definition) is 2. The molecule has 0 saturated heterocycles. The Hall–Kier alpha value is -3.41. The first-order valence-electron chi connectivity index (χ1n) is 8.27. The molecule has 3 rings (SSSR count). The number of carbonyl (C=O) groups excluding carboxylic acids is 1. The number of anilines is 2. The topological polar surface area (TPSA) is 76.1 Å². The van der Waals surface area contributed by atoms with Gasteiger partial charge in [-0.3, -0.25) is 4.79 Å². The van der Waals surface area contributed by atoms with E-state index in [1.807, 2.05) is 54.6 Å². The third-order valence-electron chi connectivity index (χ3n) is 3.77. The van der Waals surface area contributed by atoms with Crippen LogP contribution in [-0.2, 0) is 17.8 Å². The van der Waals surface area contributed by atoms with E-state index in [4.69, 9.17) is 4.74 Å². The number of hydrogen-bond acceptors (Lipinski definition) is 5. The van der Waals surface area contributed by atoms with Crippen molar-refractivity contribution < 1.29 is 9.53 Å². The molecule has 1 aromatic heterocycles. The summed E-state index contributed by atoms with van der Waals surface area (Å²) < 4.78 is 5.10. The molecule has 6 heteroatoms. The van der Waals surface area contributed by atoms with Crippen LogP contribution in [0.2, 0.25) is 0 Å². The molecule has 0 aliphatic carbocycles. The molecule has 2 N–H and O–H groups in total. The molecule has 1 amide bonds.